The summed E-state index contributed by atoms with van der Waals surface area (Å²) in [6.07, 6.45) is 1.69. The Hall–Kier alpha value is -4.59. The average Bonchev–Trinajstić information content (AvgIpc) is 3.17. The van der Waals surface area contributed by atoms with Crippen molar-refractivity contribution in [3.05, 3.63) is 90.0 Å². The highest BCUT2D eigenvalue weighted by Gasteiger charge is 2.42. The largest absolute Gasteiger partial charge is 0.508 e. The number of hydrogen-bond donors (Lipinski definition) is 4. The van der Waals surface area contributed by atoms with Gasteiger partial charge in [0, 0.05) is 52.1 Å². The maximum absolute atomic E-state index is 15.6. The molecular formula is C32H33FN4O3. The molecule has 0 saturated carbocycles. The van der Waals surface area contributed by atoms with Crippen molar-refractivity contribution in [3.63, 3.8) is 0 Å². The number of rotatable bonds is 4. The first-order valence-corrected chi connectivity index (χ1v) is 13.1. The van der Waals surface area contributed by atoms with E-state index in [-0.39, 0.29) is 16.9 Å². The standard InChI is InChI=1S/C32H33FN4O3/c1-31(2,3)26-15-10-19(17-34-26)27-22(33)16-25(39)29-28(27)32(4,5)18-37(29)24-9-7-6-8-23(24)36-30(40)35-20-11-13-21(38)14-12-20/h6-17,38-39H,18H2,1-5H3,(H2,35,36,40). The van der Waals surface area contributed by atoms with Gasteiger partial charge in [0.1, 0.15) is 17.3 Å². The van der Waals surface area contributed by atoms with Crippen LogP contribution in [0.15, 0.2) is 72.9 Å². The van der Waals surface area contributed by atoms with Crippen LogP contribution in [0.25, 0.3) is 11.1 Å². The molecule has 40 heavy (non-hydrogen) atoms. The van der Waals surface area contributed by atoms with Crippen molar-refractivity contribution in [2.24, 2.45) is 0 Å². The third kappa shape index (κ3) is 5.04. The molecule has 206 valence electrons. The summed E-state index contributed by atoms with van der Waals surface area (Å²) in [6.45, 7) is 10.7. The molecule has 7 nitrogen and oxygen atoms in total. The predicted octanol–water partition coefficient (Wildman–Crippen LogP) is 7.67. The molecule has 3 aromatic carbocycles. The molecule has 2 amide bonds. The van der Waals surface area contributed by atoms with E-state index < -0.39 is 17.3 Å². The Balaban J connectivity index is 1.55. The summed E-state index contributed by atoms with van der Waals surface area (Å²) in [4.78, 5) is 19.4. The van der Waals surface area contributed by atoms with E-state index in [0.29, 0.717) is 46.0 Å². The average molecular weight is 541 g/mol. The number of aromatic hydroxyl groups is 2. The smallest absolute Gasteiger partial charge is 0.323 e. The van der Waals surface area contributed by atoms with E-state index in [0.717, 1.165) is 11.8 Å². The zero-order valence-electron chi connectivity index (χ0n) is 23.2. The minimum Gasteiger partial charge on any atom is -0.508 e. The second-order valence-electron chi connectivity index (χ2n) is 11.8. The number of phenolic OH excluding ortho intramolecular Hbond substituents is 2. The first-order chi connectivity index (χ1) is 18.8. The van der Waals surface area contributed by atoms with Crippen LogP contribution in [-0.4, -0.2) is 27.8 Å². The fourth-order valence-electron chi connectivity index (χ4n) is 5.23. The summed E-state index contributed by atoms with van der Waals surface area (Å²) in [5.74, 6) is -0.594. The molecule has 0 saturated heterocycles. The van der Waals surface area contributed by atoms with E-state index in [1.54, 1.807) is 30.5 Å². The van der Waals surface area contributed by atoms with Gasteiger partial charge in [-0.2, -0.15) is 0 Å². The lowest BCUT2D eigenvalue weighted by molar-refractivity contribution is 0.262. The Labute approximate surface area is 233 Å². The Morgan fingerprint density at radius 3 is 2.35 bits per heavy atom. The molecule has 2 heterocycles. The van der Waals surface area contributed by atoms with Crippen molar-refractivity contribution in [3.8, 4) is 22.6 Å². The zero-order valence-corrected chi connectivity index (χ0v) is 23.2. The molecule has 0 radical (unpaired) electrons. The number of anilines is 4. The SMILES string of the molecule is CC(C)(C)c1ccc(-c2c(F)cc(O)c3c2C(C)(C)CN3c2ccccc2NC(=O)Nc2ccc(O)cc2)cn1. The van der Waals surface area contributed by atoms with Gasteiger partial charge in [0.05, 0.1) is 17.1 Å². The molecule has 1 aliphatic rings. The summed E-state index contributed by atoms with van der Waals surface area (Å²) in [5, 5.41) is 26.2. The van der Waals surface area contributed by atoms with E-state index in [2.05, 4.69) is 36.4 Å². The number of carbonyl (C=O) groups excluding carboxylic acids is 1. The number of para-hydroxylation sites is 2. The molecule has 1 aliphatic heterocycles. The van der Waals surface area contributed by atoms with Crippen LogP contribution >= 0.6 is 0 Å². The molecular weight excluding hydrogens is 507 g/mol. The van der Waals surface area contributed by atoms with Gasteiger partial charge in [0.15, 0.2) is 0 Å². The summed E-state index contributed by atoms with van der Waals surface area (Å²) in [7, 11) is 0. The van der Waals surface area contributed by atoms with Gasteiger partial charge in [-0.05, 0) is 48.0 Å². The Bertz CT molecular complexity index is 1580. The van der Waals surface area contributed by atoms with Crippen molar-refractivity contribution in [1.82, 2.24) is 4.98 Å². The van der Waals surface area contributed by atoms with E-state index in [4.69, 9.17) is 0 Å². The summed E-state index contributed by atoms with van der Waals surface area (Å²) >= 11 is 0. The third-order valence-corrected chi connectivity index (χ3v) is 7.12. The quantitative estimate of drug-likeness (QED) is 0.199. The topological polar surface area (TPSA) is 97.7 Å². The van der Waals surface area contributed by atoms with Gasteiger partial charge in [-0.15, -0.1) is 0 Å². The highest BCUT2D eigenvalue weighted by atomic mass is 19.1. The van der Waals surface area contributed by atoms with Crippen LogP contribution in [-0.2, 0) is 10.8 Å². The summed E-state index contributed by atoms with van der Waals surface area (Å²) in [6, 6.07) is 17.9. The summed E-state index contributed by atoms with van der Waals surface area (Å²) < 4.78 is 15.6. The molecule has 8 heteroatoms. The molecule has 0 bridgehead atoms. The number of benzene rings is 3. The molecule has 0 fully saturated rings. The van der Waals surface area contributed by atoms with Gasteiger partial charge in [-0.25, -0.2) is 9.18 Å². The molecule has 4 N–H and O–H groups in total. The lowest BCUT2D eigenvalue weighted by Crippen LogP contribution is -2.27. The minimum atomic E-state index is -0.547. The van der Waals surface area contributed by atoms with E-state index >= 15 is 4.39 Å². The maximum Gasteiger partial charge on any atom is 0.323 e. The Kier molecular flexibility index (Phi) is 6.66. The van der Waals surface area contributed by atoms with Crippen LogP contribution in [0.1, 0.15) is 45.9 Å². The summed E-state index contributed by atoms with van der Waals surface area (Å²) in [5.41, 5.74) is 4.12. The van der Waals surface area contributed by atoms with Crippen molar-refractivity contribution < 1.29 is 19.4 Å². The number of hydrogen-bond acceptors (Lipinski definition) is 5. The molecule has 5 rings (SSSR count). The number of aromatic nitrogens is 1. The van der Waals surface area contributed by atoms with Crippen LogP contribution in [0.4, 0.5) is 31.9 Å². The number of amides is 2. The van der Waals surface area contributed by atoms with Gasteiger partial charge in [-0.3, -0.25) is 4.98 Å². The van der Waals surface area contributed by atoms with Gasteiger partial charge in [-0.1, -0.05) is 52.8 Å². The predicted molar refractivity (Wildman–Crippen MR) is 157 cm³/mol. The highest BCUT2D eigenvalue weighted by molar-refractivity contribution is 6.03. The fraction of sp³-hybridized carbons (Fsp3) is 0.250. The number of urea groups is 1. The maximum atomic E-state index is 15.6. The Morgan fingerprint density at radius 2 is 1.70 bits per heavy atom. The third-order valence-electron chi connectivity index (χ3n) is 7.12. The van der Waals surface area contributed by atoms with Crippen LogP contribution < -0.4 is 15.5 Å². The monoisotopic (exact) mass is 540 g/mol. The fourth-order valence-corrected chi connectivity index (χ4v) is 5.23. The molecule has 1 aromatic heterocycles. The second kappa shape index (κ2) is 9.86. The van der Waals surface area contributed by atoms with Crippen LogP contribution in [0.3, 0.4) is 0 Å². The van der Waals surface area contributed by atoms with Crippen LogP contribution in [0, 0.1) is 5.82 Å². The van der Waals surface area contributed by atoms with E-state index in [9.17, 15) is 15.0 Å². The Morgan fingerprint density at radius 1 is 1.00 bits per heavy atom. The van der Waals surface area contributed by atoms with Gasteiger partial charge in [0.25, 0.3) is 0 Å². The molecule has 0 aliphatic carbocycles. The van der Waals surface area contributed by atoms with Gasteiger partial charge < -0.3 is 25.7 Å². The highest BCUT2D eigenvalue weighted by Crippen LogP contribution is 2.54. The van der Waals surface area contributed by atoms with Gasteiger partial charge in [0.2, 0.25) is 0 Å². The number of phenols is 2. The lowest BCUT2D eigenvalue weighted by Gasteiger charge is -2.25. The molecule has 4 aromatic rings. The normalized spacial score (nSPS) is 14.1. The number of pyridine rings is 1. The van der Waals surface area contributed by atoms with E-state index in [1.807, 2.05) is 43.0 Å². The first-order valence-electron chi connectivity index (χ1n) is 13.1. The van der Waals surface area contributed by atoms with E-state index in [1.165, 1.54) is 12.1 Å². The van der Waals surface area contributed by atoms with Crippen molar-refractivity contribution in [2.75, 3.05) is 22.1 Å². The molecule has 0 atom stereocenters. The number of halogens is 1. The zero-order chi connectivity index (χ0) is 28.8. The number of fused-ring (bicyclic) bond motifs is 1. The minimum absolute atomic E-state index is 0.100. The number of nitrogens with one attached hydrogen (secondary N) is 2. The van der Waals surface area contributed by atoms with Crippen molar-refractivity contribution in [1.29, 1.82) is 0 Å². The number of carbonyl (C=O) groups is 1. The van der Waals surface area contributed by atoms with Gasteiger partial charge >= 0.3 is 6.03 Å². The lowest BCUT2D eigenvalue weighted by atomic mass is 9.81. The van der Waals surface area contributed by atoms with Crippen molar-refractivity contribution >= 4 is 28.8 Å². The van der Waals surface area contributed by atoms with Crippen molar-refractivity contribution in [2.45, 2.75) is 45.4 Å². The first kappa shape index (κ1) is 27.0. The number of nitrogens with zero attached hydrogens (tertiary/aromatic N) is 2. The van der Waals surface area contributed by atoms with Crippen LogP contribution in [0.5, 0.6) is 11.5 Å². The molecule has 0 spiro atoms. The van der Waals surface area contributed by atoms with Crippen LogP contribution in [0.2, 0.25) is 0 Å². The molecule has 0 unspecified atom stereocenters. The second-order valence-corrected chi connectivity index (χ2v) is 11.8.